The van der Waals surface area contributed by atoms with Crippen LogP contribution in [-0.2, 0) is 11.8 Å². The van der Waals surface area contributed by atoms with Crippen molar-refractivity contribution in [2.24, 2.45) is 5.92 Å². The Bertz CT molecular complexity index is 363. The maximum Gasteiger partial charge on any atom is 0.0928 e. The molecule has 0 N–H and O–H groups in total. The van der Waals surface area contributed by atoms with Crippen molar-refractivity contribution >= 4 is 22.9 Å². The summed E-state index contributed by atoms with van der Waals surface area (Å²) < 4.78 is 0. The van der Waals surface area contributed by atoms with Gasteiger partial charge in [0.05, 0.1) is 10.7 Å². The molecule has 0 saturated heterocycles. The molecule has 0 aromatic carbocycles. The third kappa shape index (κ3) is 3.96. The van der Waals surface area contributed by atoms with Gasteiger partial charge in [-0.05, 0) is 38.0 Å². The Labute approximate surface area is 114 Å². The number of aromatic nitrogens is 1. The van der Waals surface area contributed by atoms with Crippen molar-refractivity contribution in [2.75, 3.05) is 0 Å². The van der Waals surface area contributed by atoms with E-state index in [0.29, 0.717) is 5.38 Å². The van der Waals surface area contributed by atoms with Crippen molar-refractivity contribution in [3.63, 3.8) is 0 Å². The predicted octanol–water partition coefficient (Wildman–Crippen LogP) is 4.78. The SMILES string of the molecule is CC(C)(C)c1csc(CCCC(Cl)C2CC2)n1. The zero-order valence-corrected chi connectivity index (χ0v) is 12.6. The van der Waals surface area contributed by atoms with Crippen LogP contribution < -0.4 is 0 Å². The first-order chi connectivity index (χ1) is 7.97. The van der Waals surface area contributed by atoms with Crippen LogP contribution in [0.4, 0.5) is 0 Å². The van der Waals surface area contributed by atoms with E-state index in [1.165, 1.54) is 30.0 Å². The van der Waals surface area contributed by atoms with Gasteiger partial charge in [-0.3, -0.25) is 0 Å². The molecule has 0 spiro atoms. The molecule has 1 aromatic rings. The van der Waals surface area contributed by atoms with Gasteiger partial charge in [0.2, 0.25) is 0 Å². The zero-order valence-electron chi connectivity index (χ0n) is 11.0. The van der Waals surface area contributed by atoms with Crippen molar-refractivity contribution in [3.05, 3.63) is 16.1 Å². The van der Waals surface area contributed by atoms with Crippen molar-refractivity contribution in [2.45, 2.75) is 63.7 Å². The van der Waals surface area contributed by atoms with Crippen molar-refractivity contribution in [3.8, 4) is 0 Å². The summed E-state index contributed by atoms with van der Waals surface area (Å²) >= 11 is 8.10. The predicted molar refractivity (Wildman–Crippen MR) is 76.1 cm³/mol. The molecule has 17 heavy (non-hydrogen) atoms. The van der Waals surface area contributed by atoms with Gasteiger partial charge in [-0.25, -0.2) is 4.98 Å². The van der Waals surface area contributed by atoms with Gasteiger partial charge in [0, 0.05) is 16.2 Å². The van der Waals surface area contributed by atoms with Crippen LogP contribution in [-0.4, -0.2) is 10.4 Å². The average Bonchev–Trinajstić information content (AvgIpc) is 2.97. The highest BCUT2D eigenvalue weighted by Gasteiger charge is 2.29. The lowest BCUT2D eigenvalue weighted by molar-refractivity contribution is 0.568. The average molecular weight is 272 g/mol. The number of thiazole rings is 1. The smallest absolute Gasteiger partial charge is 0.0928 e. The molecule has 96 valence electrons. The van der Waals surface area contributed by atoms with Crippen LogP contribution in [0.3, 0.4) is 0 Å². The maximum absolute atomic E-state index is 6.31. The second kappa shape index (κ2) is 5.27. The number of alkyl halides is 1. The molecule has 0 aliphatic heterocycles. The summed E-state index contributed by atoms with van der Waals surface area (Å²) in [6.07, 6.45) is 6.12. The number of nitrogens with zero attached hydrogens (tertiary/aromatic N) is 1. The minimum absolute atomic E-state index is 0.178. The standard InChI is InChI=1S/C14H22ClNS/c1-14(2,3)12-9-17-13(16-12)6-4-5-11(15)10-7-8-10/h9-11H,4-8H2,1-3H3. The monoisotopic (exact) mass is 271 g/mol. The molecule has 1 aliphatic rings. The summed E-state index contributed by atoms with van der Waals surface area (Å²) in [5.74, 6) is 0.818. The molecule has 0 amide bonds. The van der Waals surface area contributed by atoms with E-state index >= 15 is 0 Å². The quantitative estimate of drug-likeness (QED) is 0.702. The van der Waals surface area contributed by atoms with Crippen LogP contribution >= 0.6 is 22.9 Å². The molecule has 1 aliphatic carbocycles. The topological polar surface area (TPSA) is 12.9 Å². The molecule has 3 heteroatoms. The summed E-state index contributed by atoms with van der Waals surface area (Å²) in [6, 6.07) is 0. The maximum atomic E-state index is 6.31. The molecule has 0 bridgehead atoms. The number of hydrogen-bond acceptors (Lipinski definition) is 2. The van der Waals surface area contributed by atoms with E-state index in [1.54, 1.807) is 11.3 Å². The summed E-state index contributed by atoms with van der Waals surface area (Å²) in [4.78, 5) is 4.71. The molecule has 2 rings (SSSR count). The van der Waals surface area contributed by atoms with Crippen molar-refractivity contribution < 1.29 is 0 Å². The molecular weight excluding hydrogens is 250 g/mol. The molecule has 1 unspecified atom stereocenters. The zero-order chi connectivity index (χ0) is 12.5. The number of halogens is 1. The largest absolute Gasteiger partial charge is 0.246 e. The van der Waals surface area contributed by atoms with Crippen LogP contribution in [0, 0.1) is 5.92 Å². The van der Waals surface area contributed by atoms with Crippen molar-refractivity contribution in [1.29, 1.82) is 0 Å². The Morgan fingerprint density at radius 3 is 2.71 bits per heavy atom. The first kappa shape index (κ1) is 13.4. The lowest BCUT2D eigenvalue weighted by Gasteiger charge is -2.14. The van der Waals surface area contributed by atoms with Gasteiger partial charge < -0.3 is 0 Å². The molecule has 0 radical (unpaired) electrons. The summed E-state index contributed by atoms with van der Waals surface area (Å²) in [5.41, 5.74) is 1.40. The number of aryl methyl sites for hydroxylation is 1. The normalized spacial score (nSPS) is 18.4. The fourth-order valence-electron chi connectivity index (χ4n) is 1.91. The first-order valence-corrected chi connectivity index (χ1v) is 7.87. The van der Waals surface area contributed by atoms with Gasteiger partial charge in [0.15, 0.2) is 0 Å². The molecule has 1 saturated carbocycles. The van der Waals surface area contributed by atoms with E-state index < -0.39 is 0 Å². The highest BCUT2D eigenvalue weighted by Crippen LogP contribution is 2.37. The Balaban J connectivity index is 1.77. The summed E-state index contributed by atoms with van der Waals surface area (Å²) in [7, 11) is 0. The van der Waals surface area contributed by atoms with Gasteiger partial charge >= 0.3 is 0 Å². The molecule has 1 nitrogen and oxygen atoms in total. The van der Waals surface area contributed by atoms with Crippen LogP contribution in [0.5, 0.6) is 0 Å². The molecular formula is C14H22ClNS. The van der Waals surface area contributed by atoms with E-state index in [4.69, 9.17) is 16.6 Å². The highest BCUT2D eigenvalue weighted by atomic mass is 35.5. The van der Waals surface area contributed by atoms with Gasteiger partial charge in [-0.1, -0.05) is 20.8 Å². The lowest BCUT2D eigenvalue weighted by Crippen LogP contribution is -2.11. The Morgan fingerprint density at radius 1 is 1.47 bits per heavy atom. The van der Waals surface area contributed by atoms with E-state index in [1.807, 2.05) is 0 Å². The Hall–Kier alpha value is -0.0800. The Morgan fingerprint density at radius 2 is 2.18 bits per heavy atom. The fraction of sp³-hybridized carbons (Fsp3) is 0.786. The van der Waals surface area contributed by atoms with Gasteiger partial charge in [-0.2, -0.15) is 0 Å². The molecule has 1 aromatic heterocycles. The van der Waals surface area contributed by atoms with Crippen molar-refractivity contribution in [1.82, 2.24) is 4.98 Å². The minimum atomic E-state index is 0.178. The van der Waals surface area contributed by atoms with Gasteiger partial charge in [0.25, 0.3) is 0 Å². The molecule has 1 heterocycles. The minimum Gasteiger partial charge on any atom is -0.246 e. The van der Waals surface area contributed by atoms with Crippen LogP contribution in [0.1, 0.15) is 57.2 Å². The third-order valence-electron chi connectivity index (χ3n) is 3.32. The molecule has 1 fully saturated rings. The van der Waals surface area contributed by atoms with Crippen LogP contribution in [0.25, 0.3) is 0 Å². The number of rotatable bonds is 5. The molecule has 1 atom stereocenters. The Kier molecular flexibility index (Phi) is 4.14. The van der Waals surface area contributed by atoms with Gasteiger partial charge in [0.1, 0.15) is 0 Å². The van der Waals surface area contributed by atoms with Gasteiger partial charge in [-0.15, -0.1) is 22.9 Å². The van der Waals surface area contributed by atoms with E-state index in [-0.39, 0.29) is 5.41 Å². The summed E-state index contributed by atoms with van der Waals surface area (Å²) in [6.45, 7) is 6.65. The third-order valence-corrected chi connectivity index (χ3v) is 4.81. The van der Waals surface area contributed by atoms with E-state index in [9.17, 15) is 0 Å². The second-order valence-corrected chi connectivity index (χ2v) is 7.63. The number of hydrogen-bond donors (Lipinski definition) is 0. The second-order valence-electron chi connectivity index (χ2n) is 6.12. The van der Waals surface area contributed by atoms with E-state index in [2.05, 4.69) is 26.2 Å². The first-order valence-electron chi connectivity index (χ1n) is 6.56. The fourth-order valence-corrected chi connectivity index (χ4v) is 3.39. The van der Waals surface area contributed by atoms with Crippen LogP contribution in [0.15, 0.2) is 5.38 Å². The lowest BCUT2D eigenvalue weighted by atomic mass is 9.93. The highest BCUT2D eigenvalue weighted by molar-refractivity contribution is 7.09. The van der Waals surface area contributed by atoms with Crippen LogP contribution in [0.2, 0.25) is 0 Å². The van der Waals surface area contributed by atoms with E-state index in [0.717, 1.165) is 18.8 Å². The summed E-state index contributed by atoms with van der Waals surface area (Å²) in [5, 5.41) is 3.89.